The third kappa shape index (κ3) is 19.7. The Morgan fingerprint density at radius 3 is 1.61 bits per heavy atom. The standard InChI is InChI=1S/C71H89N11O15/c1-40(72-7)61(84)74-42(3)67(90)82-39-52-37-58(82)66(89)78-54(34-44-19-23-46-15-9-11-17-48(46)31-44)63(86)76-53(69(92)93)27-28-59(83)75-50-36-57(81(38-50)68(91)60(71(4,5)6)80-62(85)41(2)73-8)65(88)77-55(35-45-20-24-47-16-10-12-18-49(47)32-45)64(87)79-56(70(94)95)33-43-21-25-51(26-22-43)96-29-13-14-30-97-52/h9-26,31-32,40-42,50,52-58,60,72-73H,27-30,33-39H2,1-8H3,(H,74,84)(H,75,83)(H,76,86)(H,77,88)(H,78,89)(H,79,87)(H,80,85)(H,92,93)(H,94,95). The van der Waals surface area contributed by atoms with Gasteiger partial charge in [0.1, 0.15) is 60.7 Å². The third-order valence-corrected chi connectivity index (χ3v) is 17.8. The number of amides is 9. The molecule has 0 aromatic heterocycles. The van der Waals surface area contributed by atoms with Gasteiger partial charge in [-0.25, -0.2) is 9.59 Å². The Morgan fingerprint density at radius 2 is 1.07 bits per heavy atom. The SMILES string of the molecule is CNC(C)C(=O)NC(C)C(=O)N1CC2CC1C(=O)NC(Cc1ccc3ccccc3c1)C(=O)NC(C(=O)O)CCC(=O)NC1CC(C(=O)NC(Cc3ccc4ccccc4c3)C(=O)NC(C(=O)O)Cc3ccc(cc3)OCC=CCO2)N(C(=O)C(NC(=O)C(C)NC)C(C)(C)C)C1. The minimum Gasteiger partial charge on any atom is -0.490 e. The van der Waals surface area contributed by atoms with Crippen LogP contribution < -0.4 is 52.6 Å². The Balaban J connectivity index is 1.12. The minimum absolute atomic E-state index is 0.0149. The van der Waals surface area contributed by atoms with Crippen LogP contribution in [0.25, 0.3) is 21.5 Å². The molecule has 5 aromatic carbocycles. The van der Waals surface area contributed by atoms with Gasteiger partial charge in [-0.15, -0.1) is 0 Å². The van der Waals surface area contributed by atoms with Gasteiger partial charge in [0.15, 0.2) is 0 Å². The highest BCUT2D eigenvalue weighted by molar-refractivity contribution is 5.98. The van der Waals surface area contributed by atoms with E-state index in [9.17, 15) is 53.4 Å². The van der Waals surface area contributed by atoms with Gasteiger partial charge in [-0.3, -0.25) is 43.2 Å². The fourth-order valence-electron chi connectivity index (χ4n) is 12.0. The van der Waals surface area contributed by atoms with Crippen molar-refractivity contribution in [3.8, 4) is 5.75 Å². The lowest BCUT2D eigenvalue weighted by Crippen LogP contribution is -2.61. The first-order valence-electron chi connectivity index (χ1n) is 32.7. The maximum absolute atomic E-state index is 15.1. The molecular weight excluding hydrogens is 1250 g/mol. The van der Waals surface area contributed by atoms with Gasteiger partial charge in [0, 0.05) is 51.2 Å². The average molecular weight is 1340 g/mol. The van der Waals surface area contributed by atoms with Gasteiger partial charge in [0.25, 0.3) is 0 Å². The Kier molecular flexibility index (Phi) is 25.0. The first-order valence-corrected chi connectivity index (χ1v) is 32.7. The van der Waals surface area contributed by atoms with Crippen LogP contribution in [0.15, 0.2) is 121 Å². The molecule has 0 radical (unpaired) electrons. The predicted molar refractivity (Wildman–Crippen MR) is 360 cm³/mol. The zero-order chi connectivity index (χ0) is 70.3. The average Bonchev–Trinajstić information content (AvgIpc) is 1.69. The van der Waals surface area contributed by atoms with Gasteiger partial charge < -0.3 is 77.3 Å². The van der Waals surface area contributed by atoms with E-state index < -0.39 is 156 Å². The van der Waals surface area contributed by atoms with Gasteiger partial charge in [0.05, 0.1) is 24.8 Å². The van der Waals surface area contributed by atoms with E-state index in [1.807, 2.05) is 72.8 Å². The highest BCUT2D eigenvalue weighted by Crippen LogP contribution is 2.29. The lowest BCUT2D eigenvalue weighted by molar-refractivity contribution is -0.145. The van der Waals surface area contributed by atoms with Crippen LogP contribution in [0.2, 0.25) is 0 Å². The van der Waals surface area contributed by atoms with E-state index in [0.29, 0.717) is 22.4 Å². The number of aliphatic carboxylic acids is 2. The molecule has 12 unspecified atom stereocenters. The second-order valence-corrected chi connectivity index (χ2v) is 26.1. The number of fused-ring (bicyclic) bond motifs is 23. The predicted octanol–water partition coefficient (Wildman–Crippen LogP) is 2.18. The van der Waals surface area contributed by atoms with Crippen molar-refractivity contribution in [3.05, 3.63) is 138 Å². The van der Waals surface area contributed by atoms with Crippen LogP contribution in [0, 0.1) is 5.41 Å². The molecule has 0 saturated carbocycles. The first kappa shape index (κ1) is 73.0. The normalized spacial score (nSPS) is 23.3. The topological polar surface area (TPSA) is 361 Å². The molecule has 0 spiro atoms. The molecule has 518 valence electrons. The summed E-state index contributed by atoms with van der Waals surface area (Å²) in [6, 6.07) is 18.9. The Bertz CT molecular complexity index is 3750. The molecule has 5 aromatic rings. The van der Waals surface area contributed by atoms with Gasteiger partial charge in [-0.05, 0) is 110 Å². The Hall–Kier alpha value is -9.79. The zero-order valence-electron chi connectivity index (χ0n) is 55.8. The van der Waals surface area contributed by atoms with Crippen LogP contribution in [0.5, 0.6) is 5.75 Å². The number of carbonyl (C=O) groups excluding carboxylic acids is 9. The summed E-state index contributed by atoms with van der Waals surface area (Å²) in [5.74, 6) is -8.91. The fourth-order valence-corrected chi connectivity index (χ4v) is 12.0. The van der Waals surface area contributed by atoms with Gasteiger partial charge in [0.2, 0.25) is 53.2 Å². The van der Waals surface area contributed by atoms with Gasteiger partial charge in [-0.1, -0.05) is 124 Å². The van der Waals surface area contributed by atoms with Crippen LogP contribution in [0.4, 0.5) is 0 Å². The second-order valence-electron chi connectivity index (χ2n) is 26.1. The number of nitrogens with one attached hydrogen (secondary N) is 9. The monoisotopic (exact) mass is 1340 g/mol. The van der Waals surface area contributed by atoms with E-state index in [4.69, 9.17) is 9.47 Å². The molecule has 97 heavy (non-hydrogen) atoms. The third-order valence-electron chi connectivity index (χ3n) is 17.8. The van der Waals surface area contributed by atoms with Crippen LogP contribution >= 0.6 is 0 Å². The summed E-state index contributed by atoms with van der Waals surface area (Å²) in [6.07, 6.45) is 0.876. The summed E-state index contributed by atoms with van der Waals surface area (Å²) in [5, 5.41) is 49.5. The number of hydrogen-bond donors (Lipinski definition) is 11. The number of carboxylic acids is 2. The molecule has 6 bridgehead atoms. The molecule has 4 heterocycles. The summed E-state index contributed by atoms with van der Waals surface area (Å²) < 4.78 is 12.1. The zero-order valence-corrected chi connectivity index (χ0v) is 55.8. The van der Waals surface area contributed by atoms with Crippen LogP contribution in [0.3, 0.4) is 0 Å². The largest absolute Gasteiger partial charge is 0.490 e. The van der Waals surface area contributed by atoms with Crippen molar-refractivity contribution in [1.82, 2.24) is 57.7 Å². The molecule has 11 N–H and O–H groups in total. The quantitative estimate of drug-likeness (QED) is 0.0710. The first-order chi connectivity index (χ1) is 46.2. The molecule has 4 aliphatic rings. The maximum atomic E-state index is 15.1. The summed E-state index contributed by atoms with van der Waals surface area (Å²) in [4.78, 5) is 158. The number of benzene rings is 5. The molecule has 0 aliphatic carbocycles. The maximum Gasteiger partial charge on any atom is 0.326 e. The van der Waals surface area contributed by atoms with Crippen LogP contribution in [-0.2, 0) is 76.7 Å². The van der Waals surface area contributed by atoms with Crippen molar-refractivity contribution in [2.24, 2.45) is 5.41 Å². The summed E-state index contributed by atoms with van der Waals surface area (Å²) >= 11 is 0. The molecule has 2 fully saturated rings. The lowest BCUT2D eigenvalue weighted by Gasteiger charge is -2.36. The number of likely N-dealkylation sites (tertiary alicyclic amines) is 2. The number of carbonyl (C=O) groups is 11. The summed E-state index contributed by atoms with van der Waals surface area (Å²) in [5.41, 5.74) is 0.739. The van der Waals surface area contributed by atoms with E-state index in [0.717, 1.165) is 21.5 Å². The van der Waals surface area contributed by atoms with Crippen LogP contribution in [0.1, 0.15) is 83.9 Å². The van der Waals surface area contributed by atoms with E-state index in [-0.39, 0.29) is 58.4 Å². The van der Waals surface area contributed by atoms with Crippen molar-refractivity contribution < 1.29 is 72.4 Å². The molecule has 9 amide bonds. The fraction of sp³-hybridized carbons (Fsp3) is 0.451. The van der Waals surface area contributed by atoms with Crippen molar-refractivity contribution in [2.75, 3.05) is 40.4 Å². The smallest absolute Gasteiger partial charge is 0.326 e. The van der Waals surface area contributed by atoms with Crippen molar-refractivity contribution >= 4 is 86.6 Å². The number of rotatable bonds is 14. The van der Waals surface area contributed by atoms with Gasteiger partial charge in [-0.2, -0.15) is 0 Å². The summed E-state index contributed by atoms with van der Waals surface area (Å²) in [7, 11) is 3.16. The van der Waals surface area contributed by atoms with E-state index in [2.05, 4.69) is 47.9 Å². The van der Waals surface area contributed by atoms with Crippen molar-refractivity contribution in [2.45, 2.75) is 159 Å². The van der Waals surface area contributed by atoms with Crippen molar-refractivity contribution in [1.29, 1.82) is 0 Å². The lowest BCUT2D eigenvalue weighted by atomic mass is 9.85. The number of nitrogens with zero attached hydrogens (tertiary/aromatic N) is 2. The molecule has 26 heteroatoms. The number of hydrogen-bond acceptors (Lipinski definition) is 15. The Morgan fingerprint density at radius 1 is 0.567 bits per heavy atom. The van der Waals surface area contributed by atoms with E-state index in [1.165, 1.54) is 16.7 Å². The molecule has 9 rings (SSSR count). The summed E-state index contributed by atoms with van der Waals surface area (Å²) in [6.45, 7) is 9.55. The molecule has 12 atom stereocenters. The Labute approximate surface area is 563 Å². The van der Waals surface area contributed by atoms with E-state index >= 15 is 9.59 Å². The van der Waals surface area contributed by atoms with Crippen LogP contribution in [-0.4, -0.2) is 198 Å². The van der Waals surface area contributed by atoms with Crippen molar-refractivity contribution in [3.63, 3.8) is 0 Å². The molecule has 2 saturated heterocycles. The highest BCUT2D eigenvalue weighted by atomic mass is 16.5. The van der Waals surface area contributed by atoms with Gasteiger partial charge >= 0.3 is 11.9 Å². The second kappa shape index (κ2) is 33.2. The number of likely N-dealkylation sites (N-methyl/N-ethyl adjacent to an activating group) is 2. The minimum atomic E-state index is -1.72. The molecule has 26 nitrogen and oxygen atoms in total. The number of carboxylic acid groups (broad SMARTS) is 2. The highest BCUT2D eigenvalue weighted by Gasteiger charge is 2.47. The van der Waals surface area contributed by atoms with E-state index in [1.54, 1.807) is 97.3 Å². The number of ether oxygens (including phenoxy) is 2. The molecule has 4 aliphatic heterocycles. The molecular formula is C71H89N11O15.